The first-order chi connectivity index (χ1) is 8.86. The van der Waals surface area contributed by atoms with Crippen molar-refractivity contribution in [1.82, 2.24) is 9.38 Å². The van der Waals surface area contributed by atoms with Crippen molar-refractivity contribution in [1.29, 1.82) is 0 Å². The molecule has 0 unspecified atom stereocenters. The quantitative estimate of drug-likeness (QED) is 0.699. The maximum Gasteiger partial charge on any atom is 0.119 e. The molecule has 1 aromatic carbocycles. The van der Waals surface area contributed by atoms with Crippen molar-refractivity contribution >= 4 is 5.52 Å². The van der Waals surface area contributed by atoms with Crippen LogP contribution >= 0.6 is 0 Å². The van der Waals surface area contributed by atoms with E-state index in [9.17, 15) is 0 Å². The van der Waals surface area contributed by atoms with Crippen LogP contribution in [0.1, 0.15) is 6.92 Å². The normalized spacial score (nSPS) is 10.7. The Hall–Kier alpha value is -2.29. The summed E-state index contributed by atoms with van der Waals surface area (Å²) < 4.78 is 7.46. The molecule has 0 aliphatic carbocycles. The van der Waals surface area contributed by atoms with Gasteiger partial charge in [-0.15, -0.1) is 0 Å². The molecule has 90 valence electrons. The van der Waals surface area contributed by atoms with Gasteiger partial charge in [0.25, 0.3) is 0 Å². The van der Waals surface area contributed by atoms with E-state index in [1.165, 1.54) is 11.1 Å². The van der Waals surface area contributed by atoms with Crippen molar-refractivity contribution in [2.45, 2.75) is 6.92 Å². The van der Waals surface area contributed by atoms with Crippen LogP contribution in [0.15, 0.2) is 55.1 Å². The minimum Gasteiger partial charge on any atom is -0.494 e. The average Bonchev–Trinajstić information content (AvgIpc) is 2.87. The van der Waals surface area contributed by atoms with Crippen molar-refractivity contribution in [3.05, 3.63) is 55.1 Å². The minimum absolute atomic E-state index is 0.695. The smallest absolute Gasteiger partial charge is 0.119 e. The minimum atomic E-state index is 0.695. The van der Waals surface area contributed by atoms with Gasteiger partial charge in [0.15, 0.2) is 0 Å². The van der Waals surface area contributed by atoms with Crippen LogP contribution in [0.5, 0.6) is 5.75 Å². The van der Waals surface area contributed by atoms with Crippen molar-refractivity contribution in [3.63, 3.8) is 0 Å². The lowest BCUT2D eigenvalue weighted by Crippen LogP contribution is -1.91. The summed E-state index contributed by atoms with van der Waals surface area (Å²) in [6.45, 7) is 2.68. The first-order valence-corrected chi connectivity index (χ1v) is 6.02. The summed E-state index contributed by atoms with van der Waals surface area (Å²) in [5.74, 6) is 0.907. The highest BCUT2D eigenvalue weighted by Gasteiger charge is 2.00. The number of ether oxygens (including phenoxy) is 1. The first kappa shape index (κ1) is 10.8. The van der Waals surface area contributed by atoms with Gasteiger partial charge >= 0.3 is 0 Å². The van der Waals surface area contributed by atoms with Crippen LogP contribution < -0.4 is 4.74 Å². The van der Waals surface area contributed by atoms with Gasteiger partial charge in [-0.2, -0.15) is 0 Å². The van der Waals surface area contributed by atoms with E-state index in [-0.39, 0.29) is 0 Å². The third kappa shape index (κ3) is 1.95. The zero-order valence-electron chi connectivity index (χ0n) is 10.2. The number of rotatable bonds is 3. The monoisotopic (exact) mass is 238 g/mol. The molecule has 0 spiro atoms. The molecule has 0 aliphatic rings. The number of aromatic nitrogens is 2. The number of nitrogens with zero attached hydrogens (tertiary/aromatic N) is 2. The van der Waals surface area contributed by atoms with Gasteiger partial charge in [-0.05, 0) is 36.2 Å². The molecule has 0 aliphatic heterocycles. The molecule has 0 bridgehead atoms. The summed E-state index contributed by atoms with van der Waals surface area (Å²) in [4.78, 5) is 4.12. The topological polar surface area (TPSA) is 26.5 Å². The zero-order chi connectivity index (χ0) is 12.4. The molecule has 0 radical (unpaired) electrons. The Morgan fingerprint density at radius 1 is 1.06 bits per heavy atom. The molecule has 0 saturated carbocycles. The van der Waals surface area contributed by atoms with Crippen molar-refractivity contribution in [2.24, 2.45) is 0 Å². The lowest BCUT2D eigenvalue weighted by molar-refractivity contribution is 0.340. The maximum atomic E-state index is 5.44. The predicted octanol–water partition coefficient (Wildman–Crippen LogP) is 3.40. The van der Waals surface area contributed by atoms with Gasteiger partial charge in [0, 0.05) is 6.20 Å². The van der Waals surface area contributed by atoms with E-state index >= 15 is 0 Å². The summed E-state index contributed by atoms with van der Waals surface area (Å²) >= 11 is 0. The van der Waals surface area contributed by atoms with Crippen LogP contribution in [0.4, 0.5) is 0 Å². The van der Waals surface area contributed by atoms with Crippen LogP contribution in [0.25, 0.3) is 16.6 Å². The first-order valence-electron chi connectivity index (χ1n) is 6.02. The van der Waals surface area contributed by atoms with E-state index in [0.717, 1.165) is 11.3 Å². The fourth-order valence-electron chi connectivity index (χ4n) is 2.00. The van der Waals surface area contributed by atoms with E-state index < -0.39 is 0 Å². The second-order valence-corrected chi connectivity index (χ2v) is 4.10. The molecule has 2 aromatic heterocycles. The number of fused-ring (bicyclic) bond motifs is 1. The van der Waals surface area contributed by atoms with Crippen LogP contribution in [-0.4, -0.2) is 16.0 Å². The molecule has 3 heteroatoms. The highest BCUT2D eigenvalue weighted by atomic mass is 16.5. The number of benzene rings is 1. The Bertz CT molecular complexity index is 656. The highest BCUT2D eigenvalue weighted by molar-refractivity contribution is 5.65. The summed E-state index contributed by atoms with van der Waals surface area (Å²) in [5, 5.41) is 0. The SMILES string of the molecule is CCOc1ccc(-c2ccc3cncn3c2)cc1. The third-order valence-electron chi connectivity index (χ3n) is 2.91. The van der Waals surface area contributed by atoms with Crippen molar-refractivity contribution in [3.8, 4) is 16.9 Å². The summed E-state index contributed by atoms with van der Waals surface area (Å²) in [6, 6.07) is 12.3. The second-order valence-electron chi connectivity index (χ2n) is 4.10. The van der Waals surface area contributed by atoms with Gasteiger partial charge in [0.1, 0.15) is 5.75 Å². The van der Waals surface area contributed by atoms with Gasteiger partial charge < -0.3 is 9.14 Å². The fourth-order valence-corrected chi connectivity index (χ4v) is 2.00. The maximum absolute atomic E-state index is 5.44. The van der Waals surface area contributed by atoms with E-state index in [1.54, 1.807) is 0 Å². The molecule has 0 fully saturated rings. The standard InChI is InChI=1S/C15H14N2O/c1-2-18-15-7-4-12(5-8-15)13-3-6-14-9-16-11-17(14)10-13/h3-11H,2H2,1H3. The van der Waals surface area contributed by atoms with Crippen molar-refractivity contribution < 1.29 is 4.74 Å². The van der Waals surface area contributed by atoms with Crippen molar-refractivity contribution in [2.75, 3.05) is 6.61 Å². The number of hydrogen-bond donors (Lipinski definition) is 0. The molecule has 0 saturated heterocycles. The Balaban J connectivity index is 1.97. The molecule has 3 nitrogen and oxygen atoms in total. The largest absolute Gasteiger partial charge is 0.494 e. The zero-order valence-corrected chi connectivity index (χ0v) is 10.2. The van der Waals surface area contributed by atoms with Gasteiger partial charge in [-0.1, -0.05) is 18.2 Å². The van der Waals surface area contributed by atoms with Crippen LogP contribution in [0.3, 0.4) is 0 Å². The van der Waals surface area contributed by atoms with Crippen LogP contribution in [0.2, 0.25) is 0 Å². The van der Waals surface area contributed by atoms with Crippen LogP contribution in [-0.2, 0) is 0 Å². The molecular weight excluding hydrogens is 224 g/mol. The Morgan fingerprint density at radius 2 is 1.83 bits per heavy atom. The Labute approximate surface area is 106 Å². The number of pyridine rings is 1. The summed E-state index contributed by atoms with van der Waals surface area (Å²) in [5.41, 5.74) is 3.45. The molecule has 0 atom stereocenters. The predicted molar refractivity (Wildman–Crippen MR) is 71.8 cm³/mol. The van der Waals surface area contributed by atoms with E-state index in [0.29, 0.717) is 6.61 Å². The number of hydrogen-bond acceptors (Lipinski definition) is 2. The fraction of sp³-hybridized carbons (Fsp3) is 0.133. The molecule has 3 aromatic rings. The van der Waals surface area contributed by atoms with Gasteiger partial charge in [-0.25, -0.2) is 4.98 Å². The van der Waals surface area contributed by atoms with E-state index in [4.69, 9.17) is 4.74 Å². The number of imidazole rings is 1. The lowest BCUT2D eigenvalue weighted by atomic mass is 10.1. The molecule has 2 heterocycles. The van der Waals surface area contributed by atoms with E-state index in [2.05, 4.69) is 35.4 Å². The van der Waals surface area contributed by atoms with E-state index in [1.807, 2.05) is 36.0 Å². The van der Waals surface area contributed by atoms with Crippen LogP contribution in [0, 0.1) is 0 Å². The van der Waals surface area contributed by atoms with Gasteiger partial charge in [0.2, 0.25) is 0 Å². The molecule has 0 N–H and O–H groups in total. The molecule has 3 rings (SSSR count). The third-order valence-corrected chi connectivity index (χ3v) is 2.91. The summed E-state index contributed by atoms with van der Waals surface area (Å²) in [6.07, 6.45) is 5.74. The van der Waals surface area contributed by atoms with Gasteiger partial charge in [-0.3, -0.25) is 0 Å². The second kappa shape index (κ2) is 4.53. The lowest BCUT2D eigenvalue weighted by Gasteiger charge is -2.06. The Morgan fingerprint density at radius 3 is 2.61 bits per heavy atom. The molecular formula is C15H14N2O. The molecule has 0 amide bonds. The highest BCUT2D eigenvalue weighted by Crippen LogP contribution is 2.22. The Kier molecular flexibility index (Phi) is 2.73. The van der Waals surface area contributed by atoms with Gasteiger partial charge in [0.05, 0.1) is 24.6 Å². The molecule has 18 heavy (non-hydrogen) atoms. The summed E-state index contributed by atoms with van der Waals surface area (Å²) in [7, 11) is 0. The average molecular weight is 238 g/mol.